The van der Waals surface area contributed by atoms with Crippen LogP contribution in [0.15, 0.2) is 5.38 Å². The number of aromatic nitrogens is 1. The van der Waals surface area contributed by atoms with Crippen LogP contribution >= 0.6 is 23.7 Å². The predicted molar refractivity (Wildman–Crippen MR) is 79.3 cm³/mol. The average molecular weight is 306 g/mol. The monoisotopic (exact) mass is 305 g/mol. The lowest BCUT2D eigenvalue weighted by Gasteiger charge is -2.22. The molecule has 1 fully saturated rings. The largest absolute Gasteiger partial charge is 0.375 e. The van der Waals surface area contributed by atoms with Gasteiger partial charge in [-0.3, -0.25) is 4.79 Å². The van der Waals surface area contributed by atoms with Crippen molar-refractivity contribution >= 4 is 34.8 Å². The number of carbonyl (C=O) groups is 1. The molecule has 0 aliphatic carbocycles. The first-order chi connectivity index (χ1) is 8.65. The second kappa shape index (κ2) is 7.79. The molecule has 2 heterocycles. The molecule has 1 aliphatic rings. The van der Waals surface area contributed by atoms with Crippen molar-refractivity contribution in [2.45, 2.75) is 32.3 Å². The predicted octanol–water partition coefficient (Wildman–Crippen LogP) is 2.01. The van der Waals surface area contributed by atoms with Crippen LogP contribution < -0.4 is 10.6 Å². The topological polar surface area (TPSA) is 63.2 Å². The Hall–Kier alpha value is -0.690. The molecule has 5 nitrogen and oxygen atoms in total. The van der Waals surface area contributed by atoms with E-state index in [9.17, 15) is 4.79 Å². The van der Waals surface area contributed by atoms with Crippen LogP contribution in [0.2, 0.25) is 0 Å². The first kappa shape index (κ1) is 16.4. The van der Waals surface area contributed by atoms with Crippen molar-refractivity contribution in [1.82, 2.24) is 10.3 Å². The third-order valence-electron chi connectivity index (χ3n) is 2.78. The van der Waals surface area contributed by atoms with Gasteiger partial charge in [-0.2, -0.15) is 0 Å². The second-order valence-electron chi connectivity index (χ2n) is 4.68. The number of thiazole rings is 1. The van der Waals surface area contributed by atoms with E-state index in [4.69, 9.17) is 4.74 Å². The van der Waals surface area contributed by atoms with Gasteiger partial charge in [-0.25, -0.2) is 4.98 Å². The molecule has 1 amide bonds. The Morgan fingerprint density at radius 3 is 3.05 bits per heavy atom. The number of morpholine rings is 1. The van der Waals surface area contributed by atoms with Gasteiger partial charge in [-0.1, -0.05) is 13.8 Å². The van der Waals surface area contributed by atoms with Crippen molar-refractivity contribution in [2.75, 3.05) is 25.0 Å². The zero-order chi connectivity index (χ0) is 13.0. The lowest BCUT2D eigenvalue weighted by molar-refractivity contribution is -0.119. The molecule has 1 aliphatic heterocycles. The van der Waals surface area contributed by atoms with Gasteiger partial charge < -0.3 is 15.4 Å². The SMILES string of the molecule is CC(C)c1csc(NC(=O)CC2CNCCO2)n1.Cl. The Bertz CT molecular complexity index is 405. The van der Waals surface area contributed by atoms with E-state index in [0.29, 0.717) is 24.1 Å². The molecule has 1 saturated heterocycles. The maximum atomic E-state index is 11.8. The summed E-state index contributed by atoms with van der Waals surface area (Å²) in [6, 6.07) is 0. The van der Waals surface area contributed by atoms with Crippen molar-refractivity contribution in [3.63, 3.8) is 0 Å². The highest BCUT2D eigenvalue weighted by molar-refractivity contribution is 7.13. The highest BCUT2D eigenvalue weighted by Gasteiger charge is 2.18. The van der Waals surface area contributed by atoms with E-state index in [-0.39, 0.29) is 24.4 Å². The number of nitrogens with one attached hydrogen (secondary N) is 2. The minimum atomic E-state index is -0.0339. The van der Waals surface area contributed by atoms with Crippen LogP contribution in [0.5, 0.6) is 0 Å². The molecule has 0 saturated carbocycles. The van der Waals surface area contributed by atoms with Crippen molar-refractivity contribution < 1.29 is 9.53 Å². The fourth-order valence-corrected chi connectivity index (χ4v) is 2.62. The van der Waals surface area contributed by atoms with Crippen molar-refractivity contribution in [1.29, 1.82) is 0 Å². The number of carbonyl (C=O) groups excluding carboxylic acids is 1. The van der Waals surface area contributed by atoms with Crippen LogP contribution in [0.4, 0.5) is 5.13 Å². The second-order valence-corrected chi connectivity index (χ2v) is 5.54. The average Bonchev–Trinajstić information content (AvgIpc) is 2.78. The Morgan fingerprint density at radius 1 is 1.68 bits per heavy atom. The molecule has 1 atom stereocenters. The molecule has 2 N–H and O–H groups in total. The summed E-state index contributed by atoms with van der Waals surface area (Å²) in [7, 11) is 0. The smallest absolute Gasteiger partial charge is 0.228 e. The third-order valence-corrected chi connectivity index (χ3v) is 3.55. The van der Waals surface area contributed by atoms with E-state index in [0.717, 1.165) is 18.8 Å². The summed E-state index contributed by atoms with van der Waals surface area (Å²) >= 11 is 1.47. The van der Waals surface area contributed by atoms with Gasteiger partial charge in [0.15, 0.2) is 5.13 Å². The molecular weight excluding hydrogens is 286 g/mol. The normalized spacial score (nSPS) is 19.0. The van der Waals surface area contributed by atoms with Crippen LogP contribution in [-0.2, 0) is 9.53 Å². The zero-order valence-electron chi connectivity index (χ0n) is 11.1. The van der Waals surface area contributed by atoms with Crippen LogP contribution in [0.25, 0.3) is 0 Å². The Labute approximate surface area is 123 Å². The lowest BCUT2D eigenvalue weighted by Crippen LogP contribution is -2.40. The summed E-state index contributed by atoms with van der Waals surface area (Å²) in [6.07, 6.45) is 0.354. The van der Waals surface area contributed by atoms with Crippen molar-refractivity contribution in [3.8, 4) is 0 Å². The van der Waals surface area contributed by atoms with Crippen LogP contribution in [-0.4, -0.2) is 36.7 Å². The minimum absolute atomic E-state index is 0. The molecule has 0 bridgehead atoms. The van der Waals surface area contributed by atoms with E-state index in [1.165, 1.54) is 11.3 Å². The van der Waals surface area contributed by atoms with Crippen LogP contribution in [0.1, 0.15) is 31.9 Å². The van der Waals surface area contributed by atoms with E-state index >= 15 is 0 Å². The summed E-state index contributed by atoms with van der Waals surface area (Å²) in [4.78, 5) is 16.2. The summed E-state index contributed by atoms with van der Waals surface area (Å²) < 4.78 is 5.49. The van der Waals surface area contributed by atoms with Crippen molar-refractivity contribution in [2.24, 2.45) is 0 Å². The molecule has 19 heavy (non-hydrogen) atoms. The van der Waals surface area contributed by atoms with E-state index in [1.54, 1.807) is 0 Å². The number of hydrogen-bond acceptors (Lipinski definition) is 5. The van der Waals surface area contributed by atoms with Gasteiger partial charge in [0.25, 0.3) is 0 Å². The minimum Gasteiger partial charge on any atom is -0.375 e. The molecular formula is C12H20ClN3O2S. The molecule has 1 aromatic heterocycles. The van der Waals surface area contributed by atoms with E-state index in [2.05, 4.69) is 29.5 Å². The maximum Gasteiger partial charge on any atom is 0.228 e. The Morgan fingerprint density at radius 2 is 2.47 bits per heavy atom. The summed E-state index contributed by atoms with van der Waals surface area (Å²) in [5.74, 6) is 0.353. The Kier molecular flexibility index (Phi) is 6.71. The van der Waals surface area contributed by atoms with Crippen LogP contribution in [0.3, 0.4) is 0 Å². The summed E-state index contributed by atoms with van der Waals surface area (Å²) in [6.45, 7) is 6.45. The highest BCUT2D eigenvalue weighted by atomic mass is 35.5. The highest BCUT2D eigenvalue weighted by Crippen LogP contribution is 2.21. The molecule has 108 valence electrons. The molecule has 1 unspecified atom stereocenters. The number of nitrogens with zero attached hydrogens (tertiary/aromatic N) is 1. The van der Waals surface area contributed by atoms with E-state index in [1.807, 2.05) is 5.38 Å². The van der Waals surface area contributed by atoms with E-state index < -0.39 is 0 Å². The van der Waals surface area contributed by atoms with Gasteiger partial charge in [0, 0.05) is 18.5 Å². The van der Waals surface area contributed by atoms with Crippen LogP contribution in [0, 0.1) is 0 Å². The fourth-order valence-electron chi connectivity index (χ4n) is 1.74. The number of hydrogen-bond donors (Lipinski definition) is 2. The number of anilines is 1. The molecule has 0 radical (unpaired) electrons. The lowest BCUT2D eigenvalue weighted by atomic mass is 10.2. The quantitative estimate of drug-likeness (QED) is 0.893. The molecule has 0 spiro atoms. The van der Waals surface area contributed by atoms with Gasteiger partial charge in [0.05, 0.1) is 24.8 Å². The summed E-state index contributed by atoms with van der Waals surface area (Å²) in [5.41, 5.74) is 1.02. The zero-order valence-corrected chi connectivity index (χ0v) is 12.8. The standard InChI is InChI=1S/C12H19N3O2S.ClH/c1-8(2)10-7-18-12(14-10)15-11(16)5-9-6-13-3-4-17-9;/h7-9,13H,3-6H2,1-2H3,(H,14,15,16);1H. The van der Waals surface area contributed by atoms with Gasteiger partial charge in [0.2, 0.25) is 5.91 Å². The number of amides is 1. The number of halogens is 1. The fraction of sp³-hybridized carbons (Fsp3) is 0.667. The maximum absolute atomic E-state index is 11.8. The summed E-state index contributed by atoms with van der Waals surface area (Å²) in [5, 5.41) is 8.69. The molecule has 1 aromatic rings. The number of ether oxygens (including phenoxy) is 1. The Balaban J connectivity index is 0.00000180. The van der Waals surface area contributed by atoms with Gasteiger partial charge in [0.1, 0.15) is 0 Å². The molecule has 0 aromatic carbocycles. The van der Waals surface area contributed by atoms with Gasteiger partial charge in [-0.15, -0.1) is 23.7 Å². The molecule has 2 rings (SSSR count). The molecule has 7 heteroatoms. The van der Waals surface area contributed by atoms with Gasteiger partial charge in [-0.05, 0) is 5.92 Å². The third kappa shape index (κ3) is 5.06. The first-order valence-electron chi connectivity index (χ1n) is 6.22. The number of rotatable bonds is 4. The first-order valence-corrected chi connectivity index (χ1v) is 7.10. The van der Waals surface area contributed by atoms with Crippen molar-refractivity contribution in [3.05, 3.63) is 11.1 Å². The van der Waals surface area contributed by atoms with Gasteiger partial charge >= 0.3 is 0 Å².